The van der Waals surface area contributed by atoms with Gasteiger partial charge in [0.15, 0.2) is 5.82 Å². The number of piperazine rings is 1. The van der Waals surface area contributed by atoms with Crippen LogP contribution in [0.25, 0.3) is 22.0 Å². The Morgan fingerprint density at radius 1 is 0.946 bits per heavy atom. The molecule has 190 valence electrons. The van der Waals surface area contributed by atoms with Gasteiger partial charge in [0.2, 0.25) is 5.91 Å². The summed E-state index contributed by atoms with van der Waals surface area (Å²) in [6, 6.07) is 19.8. The van der Waals surface area contributed by atoms with E-state index in [1.54, 1.807) is 4.90 Å². The van der Waals surface area contributed by atoms with E-state index in [9.17, 15) is 22.4 Å². The van der Waals surface area contributed by atoms with Crippen LogP contribution in [-0.4, -0.2) is 46.7 Å². The maximum Gasteiger partial charge on any atom is 0.416 e. The Balaban J connectivity index is 1.36. The molecule has 0 bridgehead atoms. The molecule has 1 amide bonds. The van der Waals surface area contributed by atoms with Gasteiger partial charge in [-0.3, -0.25) is 4.79 Å². The molecule has 1 aromatic heterocycles. The Bertz CT molecular complexity index is 1440. The Hall–Kier alpha value is -4.01. The van der Waals surface area contributed by atoms with E-state index in [0.29, 0.717) is 31.5 Å². The number of rotatable bonds is 4. The third-order valence-electron chi connectivity index (χ3n) is 6.68. The summed E-state index contributed by atoms with van der Waals surface area (Å²) in [4.78, 5) is 16.6. The maximum absolute atomic E-state index is 13.5. The van der Waals surface area contributed by atoms with E-state index in [-0.39, 0.29) is 11.6 Å². The fourth-order valence-electron chi connectivity index (χ4n) is 4.88. The lowest BCUT2D eigenvalue weighted by atomic mass is 10.0. The molecular weight excluding hydrogens is 484 g/mol. The molecule has 5 nitrogen and oxygen atoms in total. The van der Waals surface area contributed by atoms with Crippen molar-refractivity contribution in [1.82, 2.24) is 15.1 Å². The molecule has 3 aromatic carbocycles. The van der Waals surface area contributed by atoms with Crippen LogP contribution in [0.15, 0.2) is 72.8 Å². The SMILES string of the molecule is C[C@H]1CN(c2nnc(-c3ccccc3)c3ccccc23)CCN1C(=O)Cc1ccc(F)cc1C(F)(F)F. The number of hydrogen-bond donors (Lipinski definition) is 0. The molecule has 0 aliphatic carbocycles. The largest absolute Gasteiger partial charge is 0.416 e. The lowest BCUT2D eigenvalue weighted by Gasteiger charge is -2.40. The first kappa shape index (κ1) is 24.7. The van der Waals surface area contributed by atoms with Crippen LogP contribution < -0.4 is 4.90 Å². The number of hydrogen-bond acceptors (Lipinski definition) is 4. The number of benzene rings is 3. The van der Waals surface area contributed by atoms with E-state index in [0.717, 1.165) is 34.2 Å². The molecule has 1 saturated heterocycles. The molecule has 0 N–H and O–H groups in total. The Labute approximate surface area is 211 Å². The van der Waals surface area contributed by atoms with Crippen LogP contribution in [-0.2, 0) is 17.4 Å². The fourth-order valence-corrected chi connectivity index (χ4v) is 4.88. The molecule has 0 radical (unpaired) electrons. The van der Waals surface area contributed by atoms with Crippen molar-refractivity contribution >= 4 is 22.5 Å². The Morgan fingerprint density at radius 2 is 1.65 bits per heavy atom. The average Bonchev–Trinajstić information content (AvgIpc) is 2.89. The monoisotopic (exact) mass is 508 g/mol. The van der Waals surface area contributed by atoms with Gasteiger partial charge in [-0.1, -0.05) is 60.7 Å². The summed E-state index contributed by atoms with van der Waals surface area (Å²) < 4.78 is 53.6. The molecule has 9 heteroatoms. The maximum atomic E-state index is 13.5. The van der Waals surface area contributed by atoms with Crippen LogP contribution in [0, 0.1) is 5.82 Å². The third kappa shape index (κ3) is 4.98. The lowest BCUT2D eigenvalue weighted by molar-refractivity contribution is -0.139. The smallest absolute Gasteiger partial charge is 0.351 e. The van der Waals surface area contributed by atoms with Crippen LogP contribution in [0.3, 0.4) is 0 Å². The molecule has 37 heavy (non-hydrogen) atoms. The minimum atomic E-state index is -4.74. The van der Waals surface area contributed by atoms with Gasteiger partial charge in [0.05, 0.1) is 12.0 Å². The second kappa shape index (κ2) is 9.80. The lowest BCUT2D eigenvalue weighted by Crippen LogP contribution is -2.54. The van der Waals surface area contributed by atoms with Crippen LogP contribution in [0.4, 0.5) is 23.4 Å². The molecule has 0 spiro atoms. The summed E-state index contributed by atoms with van der Waals surface area (Å²) >= 11 is 0. The highest BCUT2D eigenvalue weighted by molar-refractivity contribution is 6.00. The highest BCUT2D eigenvalue weighted by atomic mass is 19.4. The highest BCUT2D eigenvalue weighted by Crippen LogP contribution is 2.34. The van der Waals surface area contributed by atoms with Gasteiger partial charge in [0, 0.05) is 42.0 Å². The van der Waals surface area contributed by atoms with E-state index < -0.39 is 29.9 Å². The summed E-state index contributed by atoms with van der Waals surface area (Å²) in [7, 11) is 0. The van der Waals surface area contributed by atoms with Gasteiger partial charge in [-0.2, -0.15) is 13.2 Å². The van der Waals surface area contributed by atoms with Crippen molar-refractivity contribution in [2.75, 3.05) is 24.5 Å². The molecule has 1 fully saturated rings. The number of fused-ring (bicyclic) bond motifs is 1. The van der Waals surface area contributed by atoms with Crippen molar-refractivity contribution in [3.05, 3.63) is 89.7 Å². The zero-order valence-electron chi connectivity index (χ0n) is 20.0. The van der Waals surface area contributed by atoms with Gasteiger partial charge < -0.3 is 9.80 Å². The van der Waals surface area contributed by atoms with Gasteiger partial charge in [0.1, 0.15) is 11.5 Å². The topological polar surface area (TPSA) is 49.3 Å². The van der Waals surface area contributed by atoms with E-state index in [1.165, 1.54) is 0 Å². The standard InChI is InChI=1S/C28H24F4N4O/c1-18-17-35(13-14-36(18)25(37)15-20-11-12-21(29)16-24(20)28(30,31)32)27-23-10-6-5-9-22(23)26(33-34-27)19-7-3-2-4-8-19/h2-12,16,18H,13-15,17H2,1H3/t18-/m0/s1. The first-order valence-electron chi connectivity index (χ1n) is 11.9. The second-order valence-electron chi connectivity index (χ2n) is 9.14. The summed E-state index contributed by atoms with van der Waals surface area (Å²) in [6.45, 7) is 3.08. The second-order valence-corrected chi connectivity index (χ2v) is 9.14. The molecule has 5 rings (SSSR count). The molecule has 0 saturated carbocycles. The summed E-state index contributed by atoms with van der Waals surface area (Å²) in [5, 5.41) is 10.9. The zero-order valence-corrected chi connectivity index (χ0v) is 20.0. The van der Waals surface area contributed by atoms with E-state index in [4.69, 9.17) is 0 Å². The normalized spacial score (nSPS) is 16.3. The summed E-state index contributed by atoms with van der Waals surface area (Å²) in [6.07, 6.45) is -5.19. The molecule has 0 unspecified atom stereocenters. The number of aromatic nitrogens is 2. The van der Waals surface area contributed by atoms with E-state index >= 15 is 0 Å². The summed E-state index contributed by atoms with van der Waals surface area (Å²) in [5.74, 6) is -0.719. The van der Waals surface area contributed by atoms with Crippen LogP contribution in [0.2, 0.25) is 0 Å². The van der Waals surface area contributed by atoms with Crippen molar-refractivity contribution in [2.45, 2.75) is 25.6 Å². The van der Waals surface area contributed by atoms with Crippen LogP contribution in [0.1, 0.15) is 18.1 Å². The highest BCUT2D eigenvalue weighted by Gasteiger charge is 2.36. The molecule has 1 atom stereocenters. The molecular formula is C28H24F4N4O. The van der Waals surface area contributed by atoms with Crippen molar-refractivity contribution in [2.24, 2.45) is 0 Å². The zero-order chi connectivity index (χ0) is 26.2. The van der Waals surface area contributed by atoms with Crippen molar-refractivity contribution < 1.29 is 22.4 Å². The minimum Gasteiger partial charge on any atom is -0.351 e. The molecule has 1 aliphatic rings. The van der Waals surface area contributed by atoms with Crippen molar-refractivity contribution in [3.8, 4) is 11.3 Å². The molecule has 1 aliphatic heterocycles. The number of amides is 1. The molecule has 4 aromatic rings. The van der Waals surface area contributed by atoms with Gasteiger partial charge in [-0.05, 0) is 24.6 Å². The van der Waals surface area contributed by atoms with E-state index in [2.05, 4.69) is 15.1 Å². The molecule has 2 heterocycles. The summed E-state index contributed by atoms with van der Waals surface area (Å²) in [5.41, 5.74) is 0.386. The van der Waals surface area contributed by atoms with Gasteiger partial charge in [0.25, 0.3) is 0 Å². The van der Waals surface area contributed by atoms with Gasteiger partial charge in [-0.15, -0.1) is 10.2 Å². The number of carbonyl (C=O) groups is 1. The number of anilines is 1. The third-order valence-corrected chi connectivity index (χ3v) is 6.68. The quantitative estimate of drug-likeness (QED) is 0.330. The van der Waals surface area contributed by atoms with Gasteiger partial charge >= 0.3 is 6.18 Å². The first-order chi connectivity index (χ1) is 17.7. The van der Waals surface area contributed by atoms with Crippen molar-refractivity contribution in [3.63, 3.8) is 0 Å². The number of alkyl halides is 3. The predicted octanol–water partition coefficient (Wildman–Crippen LogP) is 5.73. The first-order valence-corrected chi connectivity index (χ1v) is 11.9. The number of nitrogens with zero attached hydrogens (tertiary/aromatic N) is 4. The number of halogens is 4. The minimum absolute atomic E-state index is 0.234. The van der Waals surface area contributed by atoms with Crippen molar-refractivity contribution in [1.29, 1.82) is 0 Å². The predicted molar refractivity (Wildman–Crippen MR) is 133 cm³/mol. The fraction of sp³-hybridized carbons (Fsp3) is 0.250. The number of carbonyl (C=O) groups excluding carboxylic acids is 1. The van der Waals surface area contributed by atoms with Crippen LogP contribution in [0.5, 0.6) is 0 Å². The Kier molecular flexibility index (Phi) is 6.54. The average molecular weight is 509 g/mol. The van der Waals surface area contributed by atoms with Gasteiger partial charge in [-0.25, -0.2) is 4.39 Å². The Morgan fingerprint density at radius 3 is 2.35 bits per heavy atom. The van der Waals surface area contributed by atoms with Crippen LogP contribution >= 0.6 is 0 Å². The van der Waals surface area contributed by atoms with E-state index in [1.807, 2.05) is 61.5 Å².